The monoisotopic (exact) mass is 617 g/mol. The Morgan fingerprint density at radius 1 is 0.426 bits per heavy atom. The predicted octanol–water partition coefficient (Wildman–Crippen LogP) is 13.4. The number of furan rings is 1. The number of benzene rings is 8. The summed E-state index contributed by atoms with van der Waals surface area (Å²) in [5.74, 6) is 0. The van der Waals surface area contributed by atoms with Crippen molar-refractivity contribution >= 4 is 92.1 Å². The zero-order valence-corrected chi connectivity index (χ0v) is 26.2. The minimum Gasteiger partial charge on any atom is -0.455 e. The molecule has 47 heavy (non-hydrogen) atoms. The fourth-order valence-corrected chi connectivity index (χ4v) is 8.36. The van der Waals surface area contributed by atoms with Gasteiger partial charge in [0.15, 0.2) is 0 Å². The molecule has 0 aliphatic carbocycles. The van der Waals surface area contributed by atoms with E-state index in [0.29, 0.717) is 0 Å². The van der Waals surface area contributed by atoms with Crippen LogP contribution >= 0.6 is 11.3 Å². The first-order chi connectivity index (χ1) is 23.3. The number of fused-ring (bicyclic) bond motifs is 9. The van der Waals surface area contributed by atoms with Crippen LogP contribution in [0.15, 0.2) is 168 Å². The largest absolute Gasteiger partial charge is 0.455 e. The molecule has 0 bridgehead atoms. The molecule has 220 valence electrons. The highest BCUT2D eigenvalue weighted by molar-refractivity contribution is 7.26. The highest BCUT2D eigenvalue weighted by Gasteiger charge is 2.23. The fraction of sp³-hybridized carbons (Fsp3) is 0. The molecule has 0 atom stereocenters. The summed E-state index contributed by atoms with van der Waals surface area (Å²) in [4.78, 5) is 2.43. The van der Waals surface area contributed by atoms with Crippen molar-refractivity contribution in [3.63, 3.8) is 0 Å². The van der Waals surface area contributed by atoms with E-state index in [0.717, 1.165) is 39.0 Å². The Balaban J connectivity index is 1.28. The molecule has 0 N–H and O–H groups in total. The molecular weight excluding hydrogens is 591 g/mol. The van der Waals surface area contributed by atoms with Crippen LogP contribution < -0.4 is 4.90 Å². The molecule has 10 aromatic rings. The molecule has 8 aromatic carbocycles. The normalized spacial score (nSPS) is 11.8. The summed E-state index contributed by atoms with van der Waals surface area (Å²) in [5, 5.41) is 9.51. The van der Waals surface area contributed by atoms with Gasteiger partial charge in [-0.1, -0.05) is 109 Å². The third-order valence-electron chi connectivity index (χ3n) is 9.42. The van der Waals surface area contributed by atoms with Gasteiger partial charge in [-0.05, 0) is 81.9 Å². The van der Waals surface area contributed by atoms with Crippen LogP contribution in [-0.4, -0.2) is 0 Å². The van der Waals surface area contributed by atoms with Gasteiger partial charge in [-0.3, -0.25) is 0 Å². The van der Waals surface area contributed by atoms with Gasteiger partial charge in [0.25, 0.3) is 0 Å². The Bertz CT molecular complexity index is 2790. The number of hydrogen-bond donors (Lipinski definition) is 0. The van der Waals surface area contributed by atoms with E-state index in [4.69, 9.17) is 4.42 Å². The first-order valence-electron chi connectivity index (χ1n) is 15.9. The Kier molecular flexibility index (Phi) is 5.78. The molecule has 10 rings (SSSR count). The highest BCUT2D eigenvalue weighted by atomic mass is 32.1. The van der Waals surface area contributed by atoms with Crippen LogP contribution in [-0.2, 0) is 0 Å². The average molecular weight is 618 g/mol. The van der Waals surface area contributed by atoms with Crippen LogP contribution in [0.25, 0.3) is 74.8 Å². The molecule has 0 saturated carbocycles. The van der Waals surface area contributed by atoms with Crippen molar-refractivity contribution in [1.29, 1.82) is 0 Å². The first-order valence-corrected chi connectivity index (χ1v) is 16.7. The van der Waals surface area contributed by atoms with Crippen molar-refractivity contribution in [3.8, 4) is 11.1 Å². The molecule has 0 aliphatic heterocycles. The molecule has 0 spiro atoms. The number of hydrogen-bond acceptors (Lipinski definition) is 3. The predicted molar refractivity (Wildman–Crippen MR) is 202 cm³/mol. The van der Waals surface area contributed by atoms with E-state index >= 15 is 0 Å². The van der Waals surface area contributed by atoms with Crippen molar-refractivity contribution in [2.75, 3.05) is 4.90 Å². The smallest absolute Gasteiger partial charge is 0.144 e. The van der Waals surface area contributed by atoms with E-state index < -0.39 is 0 Å². The molecule has 0 aliphatic rings. The van der Waals surface area contributed by atoms with Crippen molar-refractivity contribution in [2.45, 2.75) is 0 Å². The third-order valence-corrected chi connectivity index (χ3v) is 10.5. The van der Waals surface area contributed by atoms with Gasteiger partial charge in [0.05, 0.1) is 11.4 Å². The molecule has 2 nitrogen and oxygen atoms in total. The standard InChI is InChI=1S/C44H27NOS/c1-2-10-28(11-3-1)29-20-22-33(23-21-29)45(37-17-8-15-30-12-6-7-16-34(30)37)38-18-9-19-40-42(38)43-41(47-40)25-24-35-36-26-31-13-4-5-14-32(31)27-39(36)46-44(35)43/h1-27H. The molecule has 0 saturated heterocycles. The SMILES string of the molecule is c1ccc(-c2ccc(N(c3cccc4ccccc34)c3cccc4sc5ccc6c7cc8ccccc8cc7oc6c5c34)cc2)cc1. The van der Waals surface area contributed by atoms with Crippen molar-refractivity contribution < 1.29 is 4.42 Å². The highest BCUT2D eigenvalue weighted by Crippen LogP contribution is 2.49. The van der Waals surface area contributed by atoms with Gasteiger partial charge < -0.3 is 9.32 Å². The maximum absolute atomic E-state index is 6.81. The lowest BCUT2D eigenvalue weighted by molar-refractivity contribution is 0.673. The molecule has 0 unspecified atom stereocenters. The zero-order valence-electron chi connectivity index (χ0n) is 25.4. The summed E-state index contributed by atoms with van der Waals surface area (Å²) in [6, 6.07) is 59.0. The van der Waals surface area contributed by atoms with Gasteiger partial charge >= 0.3 is 0 Å². The van der Waals surface area contributed by atoms with Gasteiger partial charge in [-0.2, -0.15) is 0 Å². The van der Waals surface area contributed by atoms with Crippen LogP contribution in [0.1, 0.15) is 0 Å². The Hall–Kier alpha value is -5.90. The Morgan fingerprint density at radius 2 is 1.09 bits per heavy atom. The second kappa shape index (κ2) is 10.3. The molecule has 0 radical (unpaired) electrons. The number of anilines is 3. The lowest BCUT2D eigenvalue weighted by Gasteiger charge is -2.28. The van der Waals surface area contributed by atoms with E-state index in [1.165, 1.54) is 52.8 Å². The minimum absolute atomic E-state index is 0.922. The quantitative estimate of drug-likeness (QED) is 0.195. The maximum Gasteiger partial charge on any atom is 0.144 e. The van der Waals surface area contributed by atoms with Crippen LogP contribution in [0.5, 0.6) is 0 Å². The molecule has 0 fully saturated rings. The van der Waals surface area contributed by atoms with Crippen LogP contribution in [0, 0.1) is 0 Å². The lowest BCUT2D eigenvalue weighted by Crippen LogP contribution is -2.10. The zero-order chi connectivity index (χ0) is 30.9. The van der Waals surface area contributed by atoms with Gasteiger partial charge in [-0.15, -0.1) is 11.3 Å². The van der Waals surface area contributed by atoms with Crippen LogP contribution in [0.4, 0.5) is 17.1 Å². The van der Waals surface area contributed by atoms with Gasteiger partial charge in [-0.25, -0.2) is 0 Å². The number of rotatable bonds is 4. The Morgan fingerprint density at radius 3 is 1.94 bits per heavy atom. The summed E-state index contributed by atoms with van der Waals surface area (Å²) in [6.07, 6.45) is 0. The fourth-order valence-electron chi connectivity index (χ4n) is 7.23. The van der Waals surface area contributed by atoms with E-state index in [2.05, 4.69) is 169 Å². The second-order valence-electron chi connectivity index (χ2n) is 12.1. The molecular formula is C44H27NOS. The second-order valence-corrected chi connectivity index (χ2v) is 13.2. The molecule has 2 aromatic heterocycles. The van der Waals surface area contributed by atoms with E-state index in [-0.39, 0.29) is 0 Å². The topological polar surface area (TPSA) is 16.4 Å². The van der Waals surface area contributed by atoms with E-state index in [9.17, 15) is 0 Å². The van der Waals surface area contributed by atoms with Crippen LogP contribution in [0.3, 0.4) is 0 Å². The number of nitrogens with zero attached hydrogens (tertiary/aromatic N) is 1. The summed E-state index contributed by atoms with van der Waals surface area (Å²) >= 11 is 1.83. The minimum atomic E-state index is 0.922. The summed E-state index contributed by atoms with van der Waals surface area (Å²) in [5.41, 5.74) is 7.66. The van der Waals surface area contributed by atoms with E-state index in [1.807, 2.05) is 11.3 Å². The summed E-state index contributed by atoms with van der Waals surface area (Å²) < 4.78 is 9.27. The molecule has 2 heterocycles. The third kappa shape index (κ3) is 4.10. The Labute approximate surface area is 275 Å². The van der Waals surface area contributed by atoms with Crippen molar-refractivity contribution in [3.05, 3.63) is 164 Å². The van der Waals surface area contributed by atoms with Crippen molar-refractivity contribution in [1.82, 2.24) is 0 Å². The first kappa shape index (κ1) is 26.3. The number of thiophene rings is 1. The summed E-state index contributed by atoms with van der Waals surface area (Å²) in [7, 11) is 0. The van der Waals surface area contributed by atoms with Gasteiger partial charge in [0.2, 0.25) is 0 Å². The van der Waals surface area contributed by atoms with E-state index in [1.54, 1.807) is 0 Å². The average Bonchev–Trinajstić information content (AvgIpc) is 3.70. The van der Waals surface area contributed by atoms with Gasteiger partial charge in [0.1, 0.15) is 11.2 Å². The lowest BCUT2D eigenvalue weighted by atomic mass is 10.0. The van der Waals surface area contributed by atoms with Crippen LogP contribution in [0.2, 0.25) is 0 Å². The van der Waals surface area contributed by atoms with Crippen molar-refractivity contribution in [2.24, 2.45) is 0 Å². The maximum atomic E-state index is 6.81. The summed E-state index contributed by atoms with van der Waals surface area (Å²) in [6.45, 7) is 0. The molecule has 3 heteroatoms. The molecule has 0 amide bonds. The van der Waals surface area contributed by atoms with Gasteiger partial charge in [0, 0.05) is 42.0 Å².